The van der Waals surface area contributed by atoms with Crippen LogP contribution >= 0.6 is 0 Å². The molecule has 0 saturated heterocycles. The molecule has 8 heteroatoms. The van der Waals surface area contributed by atoms with Crippen molar-refractivity contribution in [2.24, 2.45) is 0 Å². The number of rotatable bonds is 7. The lowest BCUT2D eigenvalue weighted by atomic mass is 10.1. The fourth-order valence-electron chi connectivity index (χ4n) is 2.56. The molecule has 0 fully saturated rings. The molecule has 0 atom stereocenters. The van der Waals surface area contributed by atoms with Crippen LogP contribution < -0.4 is 4.74 Å². The van der Waals surface area contributed by atoms with Crippen LogP contribution in [0.3, 0.4) is 0 Å². The zero-order valence-electron chi connectivity index (χ0n) is 15.4. The van der Waals surface area contributed by atoms with Crippen LogP contribution in [0.2, 0.25) is 0 Å². The van der Waals surface area contributed by atoms with Crippen molar-refractivity contribution in [2.75, 3.05) is 12.9 Å². The quantitative estimate of drug-likeness (QED) is 0.559. The summed E-state index contributed by atoms with van der Waals surface area (Å²) < 4.78 is 39.9. The molecule has 1 aromatic heterocycles. The Morgan fingerprint density at radius 3 is 2.50 bits per heavy atom. The van der Waals surface area contributed by atoms with Crippen molar-refractivity contribution in [3.8, 4) is 17.0 Å². The first-order valence-electron chi connectivity index (χ1n) is 8.53. The molecular weight excluding hydrogens is 382 g/mol. The van der Waals surface area contributed by atoms with Crippen molar-refractivity contribution < 1.29 is 27.2 Å². The topological polar surface area (TPSA) is 95.7 Å². The number of aromatic nitrogens is 1. The summed E-state index contributed by atoms with van der Waals surface area (Å²) in [5.74, 6) is 0.220. The van der Waals surface area contributed by atoms with Crippen molar-refractivity contribution >= 4 is 15.8 Å². The van der Waals surface area contributed by atoms with Gasteiger partial charge in [-0.3, -0.25) is 0 Å². The first-order chi connectivity index (χ1) is 13.4. The van der Waals surface area contributed by atoms with Gasteiger partial charge < -0.3 is 14.0 Å². The molecule has 0 saturated carbocycles. The van der Waals surface area contributed by atoms with Gasteiger partial charge in [0.2, 0.25) is 0 Å². The molecule has 2 aromatic carbocycles. The second kappa shape index (κ2) is 8.26. The highest BCUT2D eigenvalue weighted by atomic mass is 32.2. The molecule has 3 rings (SSSR count). The highest BCUT2D eigenvalue weighted by molar-refractivity contribution is 7.91. The zero-order chi connectivity index (χ0) is 20.1. The Labute approximate surface area is 162 Å². The molecule has 0 spiro atoms. The lowest BCUT2D eigenvalue weighted by Gasteiger charge is -2.08. The Hall–Kier alpha value is -3.13. The van der Waals surface area contributed by atoms with E-state index >= 15 is 0 Å². The summed E-state index contributed by atoms with van der Waals surface area (Å²) in [7, 11) is -1.96. The Kier molecular flexibility index (Phi) is 5.79. The molecule has 1 heterocycles. The van der Waals surface area contributed by atoms with E-state index in [1.165, 1.54) is 19.1 Å². The van der Waals surface area contributed by atoms with E-state index in [0.29, 0.717) is 11.5 Å². The van der Waals surface area contributed by atoms with Gasteiger partial charge in [0.25, 0.3) is 0 Å². The van der Waals surface area contributed by atoms with Gasteiger partial charge >= 0.3 is 5.97 Å². The van der Waals surface area contributed by atoms with E-state index in [2.05, 4.69) is 5.16 Å². The first kappa shape index (κ1) is 19.6. The van der Waals surface area contributed by atoms with Gasteiger partial charge in [-0.15, -0.1) is 0 Å². The summed E-state index contributed by atoms with van der Waals surface area (Å²) in [6, 6.07) is 14.9. The van der Waals surface area contributed by atoms with Crippen LogP contribution in [0.5, 0.6) is 5.75 Å². The minimum Gasteiger partial charge on any atom is -0.497 e. The molecule has 0 N–H and O–H groups in total. The fourth-order valence-corrected chi connectivity index (χ4v) is 3.64. The molecule has 0 amide bonds. The maximum Gasteiger partial charge on any atom is 0.339 e. The van der Waals surface area contributed by atoms with E-state index < -0.39 is 15.8 Å². The molecule has 0 aliphatic heterocycles. The Morgan fingerprint density at radius 1 is 1.11 bits per heavy atom. The third kappa shape index (κ3) is 4.23. The summed E-state index contributed by atoms with van der Waals surface area (Å²) in [6.07, 6.45) is 0. The van der Waals surface area contributed by atoms with E-state index in [-0.39, 0.29) is 22.8 Å². The molecule has 0 bridgehead atoms. The van der Waals surface area contributed by atoms with Crippen molar-refractivity contribution in [2.45, 2.75) is 18.4 Å². The molecule has 0 unspecified atom stereocenters. The number of nitrogens with zero attached hydrogens (tertiary/aromatic N) is 1. The smallest absolute Gasteiger partial charge is 0.339 e. The molecule has 0 radical (unpaired) electrons. The zero-order valence-corrected chi connectivity index (χ0v) is 16.2. The van der Waals surface area contributed by atoms with Gasteiger partial charge in [0.1, 0.15) is 11.4 Å². The SMILES string of the molecule is CCS(=O)(=O)c1ccccc1C(=O)OCc1cc(-c2ccc(OC)cc2)no1. The van der Waals surface area contributed by atoms with Crippen LogP contribution in [0.4, 0.5) is 0 Å². The predicted octanol–water partition coefficient (Wildman–Crippen LogP) is 3.50. The number of carbonyl (C=O) groups is 1. The van der Waals surface area contributed by atoms with E-state index in [1.807, 2.05) is 12.1 Å². The highest BCUT2D eigenvalue weighted by Crippen LogP contribution is 2.23. The van der Waals surface area contributed by atoms with E-state index in [0.717, 1.165) is 11.3 Å². The third-order valence-corrected chi connectivity index (χ3v) is 5.90. The summed E-state index contributed by atoms with van der Waals surface area (Å²) in [5, 5.41) is 3.96. The second-order valence-corrected chi connectivity index (χ2v) is 8.13. The van der Waals surface area contributed by atoms with Crippen LogP contribution in [0.1, 0.15) is 23.0 Å². The van der Waals surface area contributed by atoms with Gasteiger partial charge in [0.15, 0.2) is 22.2 Å². The maximum absolute atomic E-state index is 12.4. The largest absolute Gasteiger partial charge is 0.497 e. The van der Waals surface area contributed by atoms with Crippen molar-refractivity contribution in [3.63, 3.8) is 0 Å². The van der Waals surface area contributed by atoms with Gasteiger partial charge in [-0.05, 0) is 36.4 Å². The number of ether oxygens (including phenoxy) is 2. The lowest BCUT2D eigenvalue weighted by molar-refractivity contribution is 0.0433. The molecule has 0 aliphatic rings. The summed E-state index contributed by atoms with van der Waals surface area (Å²) >= 11 is 0. The maximum atomic E-state index is 12.4. The minimum absolute atomic E-state index is 0.000701. The molecule has 28 heavy (non-hydrogen) atoms. The number of hydrogen-bond acceptors (Lipinski definition) is 7. The van der Waals surface area contributed by atoms with E-state index in [9.17, 15) is 13.2 Å². The van der Waals surface area contributed by atoms with Gasteiger partial charge in [0.05, 0.1) is 23.3 Å². The Morgan fingerprint density at radius 2 is 1.82 bits per heavy atom. The summed E-state index contributed by atoms with van der Waals surface area (Å²) in [4.78, 5) is 12.3. The van der Waals surface area contributed by atoms with Crippen LogP contribution in [0.15, 0.2) is 64.0 Å². The molecule has 0 aliphatic carbocycles. The number of hydrogen-bond donors (Lipinski definition) is 0. The third-order valence-electron chi connectivity index (χ3n) is 4.11. The van der Waals surface area contributed by atoms with E-state index in [1.54, 1.807) is 37.4 Å². The molecule has 7 nitrogen and oxygen atoms in total. The number of carbonyl (C=O) groups excluding carboxylic acids is 1. The van der Waals surface area contributed by atoms with Gasteiger partial charge in [-0.25, -0.2) is 13.2 Å². The standard InChI is InChI=1S/C20H19NO6S/c1-3-28(23,24)19-7-5-4-6-17(19)20(22)26-13-16-12-18(21-27-16)14-8-10-15(25-2)11-9-14/h4-12H,3,13H2,1-2H3. The Bertz CT molecular complexity index is 1070. The number of benzene rings is 2. The van der Waals surface area contributed by atoms with Gasteiger partial charge in [0, 0.05) is 11.6 Å². The average molecular weight is 401 g/mol. The number of esters is 1. The average Bonchev–Trinajstić information content (AvgIpc) is 3.21. The molecule has 3 aromatic rings. The molecule has 146 valence electrons. The summed E-state index contributed by atoms with van der Waals surface area (Å²) in [5.41, 5.74) is 1.41. The minimum atomic E-state index is -3.54. The summed E-state index contributed by atoms with van der Waals surface area (Å²) in [6.45, 7) is 1.36. The lowest BCUT2D eigenvalue weighted by Crippen LogP contribution is -2.13. The van der Waals surface area contributed by atoms with Crippen LogP contribution in [-0.2, 0) is 21.2 Å². The van der Waals surface area contributed by atoms with Gasteiger partial charge in [-0.1, -0.05) is 24.2 Å². The number of methoxy groups -OCH3 is 1. The van der Waals surface area contributed by atoms with Crippen LogP contribution in [0.25, 0.3) is 11.3 Å². The van der Waals surface area contributed by atoms with Crippen LogP contribution in [-0.4, -0.2) is 32.4 Å². The first-order valence-corrected chi connectivity index (χ1v) is 10.2. The van der Waals surface area contributed by atoms with Crippen molar-refractivity contribution in [1.82, 2.24) is 5.16 Å². The monoisotopic (exact) mass is 401 g/mol. The van der Waals surface area contributed by atoms with Crippen molar-refractivity contribution in [3.05, 3.63) is 65.9 Å². The number of sulfone groups is 1. The van der Waals surface area contributed by atoms with E-state index in [4.69, 9.17) is 14.0 Å². The fraction of sp³-hybridized carbons (Fsp3) is 0.200. The second-order valence-electron chi connectivity index (χ2n) is 5.88. The normalized spacial score (nSPS) is 11.2. The van der Waals surface area contributed by atoms with Crippen LogP contribution in [0, 0.1) is 0 Å². The predicted molar refractivity (Wildman–Crippen MR) is 102 cm³/mol. The molecular formula is C20H19NO6S. The highest BCUT2D eigenvalue weighted by Gasteiger charge is 2.22. The Balaban J connectivity index is 1.72. The van der Waals surface area contributed by atoms with Gasteiger partial charge in [-0.2, -0.15) is 0 Å². The van der Waals surface area contributed by atoms with Crippen molar-refractivity contribution in [1.29, 1.82) is 0 Å².